The summed E-state index contributed by atoms with van der Waals surface area (Å²) in [6.45, 7) is 10.6. The van der Waals surface area contributed by atoms with Gasteiger partial charge in [-0.25, -0.2) is 4.79 Å². The lowest BCUT2D eigenvalue weighted by Crippen LogP contribution is -2.53. The first-order valence-corrected chi connectivity index (χ1v) is 11.0. The molecule has 0 aromatic heterocycles. The number of likely N-dealkylation sites (tertiary alicyclic amines) is 1. The predicted molar refractivity (Wildman–Crippen MR) is 116 cm³/mol. The van der Waals surface area contributed by atoms with Crippen LogP contribution in [0.4, 0.5) is 0 Å². The molecule has 0 spiro atoms. The Hall–Kier alpha value is -2.37. The molecule has 2 rings (SSSR count). The van der Waals surface area contributed by atoms with Gasteiger partial charge in [-0.2, -0.15) is 0 Å². The molecular formula is C24H36N2O4. The fraction of sp³-hybridized carbons (Fsp3) is 0.625. The zero-order valence-corrected chi connectivity index (χ0v) is 18.9. The van der Waals surface area contributed by atoms with Crippen molar-refractivity contribution in [2.75, 3.05) is 6.54 Å². The Labute approximate surface area is 180 Å². The van der Waals surface area contributed by atoms with E-state index in [1.807, 2.05) is 65.0 Å². The van der Waals surface area contributed by atoms with Crippen LogP contribution < -0.4 is 5.32 Å². The monoisotopic (exact) mass is 416 g/mol. The number of hydrogen-bond acceptors (Lipinski definition) is 4. The summed E-state index contributed by atoms with van der Waals surface area (Å²) in [7, 11) is 0. The second-order valence-corrected chi connectivity index (χ2v) is 9.01. The highest BCUT2D eigenvalue weighted by molar-refractivity contribution is 5.91. The first-order valence-electron chi connectivity index (χ1n) is 11.0. The Bertz CT molecular complexity index is 717. The highest BCUT2D eigenvalue weighted by atomic mass is 16.5. The van der Waals surface area contributed by atoms with Gasteiger partial charge < -0.3 is 15.0 Å². The molecule has 0 unspecified atom stereocenters. The molecule has 1 saturated heterocycles. The number of nitrogens with one attached hydrogen (secondary N) is 1. The molecule has 1 fully saturated rings. The third-order valence-electron chi connectivity index (χ3n) is 5.77. The third-order valence-corrected chi connectivity index (χ3v) is 5.77. The molecule has 1 aliphatic rings. The number of hydrogen-bond donors (Lipinski definition) is 1. The summed E-state index contributed by atoms with van der Waals surface area (Å²) in [4.78, 5) is 40.2. The molecule has 1 aromatic carbocycles. The normalized spacial score (nSPS) is 18.4. The minimum atomic E-state index is -0.624. The van der Waals surface area contributed by atoms with E-state index in [1.54, 1.807) is 4.90 Å². The summed E-state index contributed by atoms with van der Waals surface area (Å²) in [6, 6.07) is 8.28. The van der Waals surface area contributed by atoms with Gasteiger partial charge in [-0.05, 0) is 36.7 Å². The molecule has 0 bridgehead atoms. The van der Waals surface area contributed by atoms with Crippen LogP contribution in [0.2, 0.25) is 0 Å². The van der Waals surface area contributed by atoms with Crippen LogP contribution in [0.15, 0.2) is 30.3 Å². The van der Waals surface area contributed by atoms with Crippen molar-refractivity contribution in [1.29, 1.82) is 0 Å². The maximum absolute atomic E-state index is 13.3. The van der Waals surface area contributed by atoms with Gasteiger partial charge in [0.15, 0.2) is 0 Å². The number of carbonyl (C=O) groups is 3. The number of nitrogens with zero attached hydrogens (tertiary/aromatic N) is 1. The Kier molecular flexibility index (Phi) is 8.88. The Morgan fingerprint density at radius 2 is 1.77 bits per heavy atom. The Morgan fingerprint density at radius 3 is 2.37 bits per heavy atom. The van der Waals surface area contributed by atoms with E-state index >= 15 is 0 Å². The van der Waals surface area contributed by atoms with Gasteiger partial charge in [0, 0.05) is 12.5 Å². The van der Waals surface area contributed by atoms with E-state index in [0.717, 1.165) is 12.0 Å². The van der Waals surface area contributed by atoms with Crippen molar-refractivity contribution in [3.8, 4) is 0 Å². The minimum Gasteiger partial charge on any atom is -0.459 e. The summed E-state index contributed by atoms with van der Waals surface area (Å²) in [6.07, 6.45) is 1.88. The van der Waals surface area contributed by atoms with Crippen molar-refractivity contribution in [3.63, 3.8) is 0 Å². The summed E-state index contributed by atoms with van der Waals surface area (Å²) in [5.74, 6) is -0.446. The van der Waals surface area contributed by atoms with Crippen molar-refractivity contribution in [3.05, 3.63) is 35.9 Å². The zero-order chi connectivity index (χ0) is 22.3. The van der Waals surface area contributed by atoms with Gasteiger partial charge >= 0.3 is 5.97 Å². The average molecular weight is 417 g/mol. The number of esters is 1. The van der Waals surface area contributed by atoms with Crippen LogP contribution in [0.1, 0.15) is 59.4 Å². The maximum Gasteiger partial charge on any atom is 0.329 e. The third kappa shape index (κ3) is 6.57. The Morgan fingerprint density at radius 1 is 1.10 bits per heavy atom. The summed E-state index contributed by atoms with van der Waals surface area (Å²) in [5, 5.41) is 2.94. The van der Waals surface area contributed by atoms with E-state index in [9.17, 15) is 14.4 Å². The van der Waals surface area contributed by atoms with Crippen molar-refractivity contribution < 1.29 is 19.1 Å². The standard InChI is InChI=1S/C24H36N2O4/c1-16(2)14-20(25-22(27)18(5)17(3)4)23(28)26-13-9-12-21(26)24(29)30-15-19-10-7-6-8-11-19/h6-8,10-11,16-18,20-21H,9,12-15H2,1-5H3,(H,25,27)/t18-,20-,21-/m0/s1. The van der Waals surface area contributed by atoms with Gasteiger partial charge in [-0.15, -0.1) is 0 Å². The number of rotatable bonds is 9. The molecule has 2 amide bonds. The maximum atomic E-state index is 13.3. The van der Waals surface area contributed by atoms with Crippen molar-refractivity contribution in [1.82, 2.24) is 10.2 Å². The van der Waals surface area contributed by atoms with Gasteiger partial charge in [0.2, 0.25) is 11.8 Å². The Balaban J connectivity index is 2.05. The molecule has 1 N–H and O–H groups in total. The average Bonchev–Trinajstić information content (AvgIpc) is 3.20. The first-order chi connectivity index (χ1) is 14.2. The lowest BCUT2D eigenvalue weighted by Gasteiger charge is -2.30. The van der Waals surface area contributed by atoms with E-state index in [4.69, 9.17) is 4.74 Å². The lowest BCUT2D eigenvalue weighted by atomic mass is 9.95. The highest BCUT2D eigenvalue weighted by Gasteiger charge is 2.39. The lowest BCUT2D eigenvalue weighted by molar-refractivity contribution is -0.155. The predicted octanol–water partition coefficient (Wildman–Crippen LogP) is 3.54. The van der Waals surface area contributed by atoms with Gasteiger partial charge in [0.1, 0.15) is 18.7 Å². The fourth-order valence-electron chi connectivity index (χ4n) is 3.60. The van der Waals surface area contributed by atoms with Crippen LogP contribution in [0.25, 0.3) is 0 Å². The zero-order valence-electron chi connectivity index (χ0n) is 18.9. The molecule has 1 aliphatic heterocycles. The van der Waals surface area contributed by atoms with Crippen LogP contribution in [-0.2, 0) is 25.7 Å². The van der Waals surface area contributed by atoms with E-state index in [-0.39, 0.29) is 42.1 Å². The summed E-state index contributed by atoms with van der Waals surface area (Å²) < 4.78 is 5.48. The largest absolute Gasteiger partial charge is 0.459 e. The highest BCUT2D eigenvalue weighted by Crippen LogP contribution is 2.22. The number of carbonyl (C=O) groups excluding carboxylic acids is 3. The second-order valence-electron chi connectivity index (χ2n) is 9.01. The quantitative estimate of drug-likeness (QED) is 0.625. The van der Waals surface area contributed by atoms with Crippen molar-refractivity contribution >= 4 is 17.8 Å². The minimum absolute atomic E-state index is 0.119. The smallest absolute Gasteiger partial charge is 0.329 e. The molecule has 166 valence electrons. The van der Waals surface area contributed by atoms with Crippen LogP contribution >= 0.6 is 0 Å². The van der Waals surface area contributed by atoms with Crippen LogP contribution in [0, 0.1) is 17.8 Å². The van der Waals surface area contributed by atoms with E-state index < -0.39 is 12.1 Å². The molecule has 6 nitrogen and oxygen atoms in total. The van der Waals surface area contributed by atoms with E-state index in [2.05, 4.69) is 5.32 Å². The SMILES string of the molecule is CC(C)C[C@H](NC(=O)[C@@H](C)C(C)C)C(=O)N1CCC[C@H]1C(=O)OCc1ccccc1. The van der Waals surface area contributed by atoms with Gasteiger partial charge in [-0.3, -0.25) is 9.59 Å². The molecular weight excluding hydrogens is 380 g/mol. The molecule has 0 radical (unpaired) electrons. The van der Waals surface area contributed by atoms with Crippen LogP contribution in [0.3, 0.4) is 0 Å². The van der Waals surface area contributed by atoms with Crippen molar-refractivity contribution in [2.24, 2.45) is 17.8 Å². The van der Waals surface area contributed by atoms with Gasteiger partial charge in [0.25, 0.3) is 0 Å². The molecule has 3 atom stereocenters. The van der Waals surface area contributed by atoms with E-state index in [1.165, 1.54) is 0 Å². The number of ether oxygens (including phenoxy) is 1. The molecule has 0 saturated carbocycles. The van der Waals surface area contributed by atoms with Crippen molar-refractivity contribution in [2.45, 2.75) is 72.6 Å². The van der Waals surface area contributed by atoms with Gasteiger partial charge in [-0.1, -0.05) is 65.0 Å². The van der Waals surface area contributed by atoms with Gasteiger partial charge in [0.05, 0.1) is 0 Å². The first kappa shape index (κ1) is 23.9. The number of benzene rings is 1. The summed E-state index contributed by atoms with van der Waals surface area (Å²) in [5.41, 5.74) is 0.911. The molecule has 0 aliphatic carbocycles. The molecule has 1 aromatic rings. The molecule has 6 heteroatoms. The fourth-order valence-corrected chi connectivity index (χ4v) is 3.60. The number of amides is 2. The van der Waals surface area contributed by atoms with E-state index in [0.29, 0.717) is 19.4 Å². The topological polar surface area (TPSA) is 75.7 Å². The van der Waals surface area contributed by atoms with Crippen LogP contribution in [-0.4, -0.2) is 41.3 Å². The molecule has 1 heterocycles. The molecule has 30 heavy (non-hydrogen) atoms. The van der Waals surface area contributed by atoms with Crippen LogP contribution in [0.5, 0.6) is 0 Å². The second kappa shape index (κ2) is 11.1. The summed E-state index contributed by atoms with van der Waals surface area (Å²) >= 11 is 0.